The molecule has 3 rings (SSSR count). The lowest BCUT2D eigenvalue weighted by Crippen LogP contribution is -2.37. The third-order valence-corrected chi connectivity index (χ3v) is 5.09. The van der Waals surface area contributed by atoms with E-state index in [4.69, 9.17) is 0 Å². The number of nitrogens with one attached hydrogen (secondary N) is 1. The molecule has 0 spiro atoms. The summed E-state index contributed by atoms with van der Waals surface area (Å²) in [5, 5.41) is 3.51. The van der Waals surface area contributed by atoms with Crippen molar-refractivity contribution in [2.24, 2.45) is 5.92 Å². The second kappa shape index (κ2) is 6.73. The van der Waals surface area contributed by atoms with Gasteiger partial charge in [-0.15, -0.1) is 0 Å². The Morgan fingerprint density at radius 3 is 2.35 bits per heavy atom. The fourth-order valence-electron chi connectivity index (χ4n) is 3.91. The zero-order valence-electron chi connectivity index (χ0n) is 12.8. The lowest BCUT2D eigenvalue weighted by atomic mass is 9.84. The maximum atomic E-state index is 3.51. The van der Waals surface area contributed by atoms with E-state index < -0.39 is 0 Å². The molecular weight excluding hydrogens is 244 g/mol. The Morgan fingerprint density at radius 1 is 1.10 bits per heavy atom. The van der Waals surface area contributed by atoms with Gasteiger partial charge in [0, 0.05) is 6.04 Å². The van der Waals surface area contributed by atoms with Crippen molar-refractivity contribution in [2.45, 2.75) is 45.1 Å². The molecule has 20 heavy (non-hydrogen) atoms. The molecule has 0 radical (unpaired) electrons. The van der Waals surface area contributed by atoms with E-state index in [-0.39, 0.29) is 0 Å². The van der Waals surface area contributed by atoms with Crippen LogP contribution in [0.5, 0.6) is 0 Å². The van der Waals surface area contributed by atoms with Crippen molar-refractivity contribution in [3.8, 4) is 0 Å². The molecule has 2 aliphatic rings. The fraction of sp³-hybridized carbons (Fsp3) is 0.667. The van der Waals surface area contributed by atoms with Crippen LogP contribution in [-0.4, -0.2) is 31.1 Å². The lowest BCUT2D eigenvalue weighted by molar-refractivity contribution is 0.148. The van der Waals surface area contributed by atoms with Gasteiger partial charge in [-0.1, -0.05) is 31.2 Å². The van der Waals surface area contributed by atoms with Gasteiger partial charge in [0.15, 0.2) is 0 Å². The Labute approximate surface area is 123 Å². The van der Waals surface area contributed by atoms with E-state index in [1.165, 1.54) is 57.4 Å². The molecule has 0 amide bonds. The highest BCUT2D eigenvalue weighted by Gasteiger charge is 2.31. The molecule has 2 heteroatoms. The van der Waals surface area contributed by atoms with E-state index in [0.717, 1.165) is 12.3 Å². The van der Waals surface area contributed by atoms with Gasteiger partial charge in [0.05, 0.1) is 0 Å². The second-order valence-electron chi connectivity index (χ2n) is 6.37. The summed E-state index contributed by atoms with van der Waals surface area (Å²) in [6.07, 6.45) is 6.57. The summed E-state index contributed by atoms with van der Waals surface area (Å²) in [5.74, 6) is 0.835. The number of piperidine rings is 1. The SMILES string of the molecule is CCc1ccc(C(C2CCNCC2)N2CCCC2)cc1. The molecule has 0 bridgehead atoms. The molecule has 1 aromatic carbocycles. The molecule has 1 atom stereocenters. The first-order chi connectivity index (χ1) is 9.88. The van der Waals surface area contributed by atoms with Crippen LogP contribution in [0.25, 0.3) is 0 Å². The predicted molar refractivity (Wildman–Crippen MR) is 85.0 cm³/mol. The first-order valence-corrected chi connectivity index (χ1v) is 8.42. The van der Waals surface area contributed by atoms with Gasteiger partial charge >= 0.3 is 0 Å². The van der Waals surface area contributed by atoms with Crippen molar-refractivity contribution in [3.05, 3.63) is 35.4 Å². The average Bonchev–Trinajstić information content (AvgIpc) is 3.03. The molecule has 2 saturated heterocycles. The summed E-state index contributed by atoms with van der Waals surface area (Å²) in [7, 11) is 0. The maximum Gasteiger partial charge on any atom is 0.0377 e. The predicted octanol–water partition coefficient (Wildman–Crippen LogP) is 3.39. The monoisotopic (exact) mass is 272 g/mol. The van der Waals surface area contributed by atoms with Crippen LogP contribution in [0, 0.1) is 5.92 Å². The molecule has 1 N–H and O–H groups in total. The van der Waals surface area contributed by atoms with Crippen molar-refractivity contribution in [3.63, 3.8) is 0 Å². The van der Waals surface area contributed by atoms with Crippen molar-refractivity contribution < 1.29 is 0 Å². The number of nitrogens with zero attached hydrogens (tertiary/aromatic N) is 1. The van der Waals surface area contributed by atoms with Crippen LogP contribution in [-0.2, 0) is 6.42 Å². The van der Waals surface area contributed by atoms with E-state index in [1.807, 2.05) is 0 Å². The topological polar surface area (TPSA) is 15.3 Å². The van der Waals surface area contributed by atoms with Gasteiger partial charge in [0.2, 0.25) is 0 Å². The van der Waals surface area contributed by atoms with Gasteiger partial charge in [-0.05, 0) is 75.3 Å². The second-order valence-corrected chi connectivity index (χ2v) is 6.37. The van der Waals surface area contributed by atoms with Crippen LogP contribution < -0.4 is 5.32 Å². The van der Waals surface area contributed by atoms with Crippen molar-refractivity contribution >= 4 is 0 Å². The van der Waals surface area contributed by atoms with E-state index in [2.05, 4.69) is 41.4 Å². The fourth-order valence-corrected chi connectivity index (χ4v) is 3.91. The minimum atomic E-state index is 0.658. The van der Waals surface area contributed by atoms with Gasteiger partial charge in [0.25, 0.3) is 0 Å². The first-order valence-electron chi connectivity index (χ1n) is 8.42. The third kappa shape index (κ3) is 3.07. The van der Waals surface area contributed by atoms with Crippen molar-refractivity contribution in [1.82, 2.24) is 10.2 Å². The molecule has 0 aliphatic carbocycles. The Bertz CT molecular complexity index is 400. The Balaban J connectivity index is 1.82. The third-order valence-electron chi connectivity index (χ3n) is 5.09. The van der Waals surface area contributed by atoms with Crippen LogP contribution >= 0.6 is 0 Å². The molecule has 0 aromatic heterocycles. The molecule has 1 aromatic rings. The number of rotatable bonds is 4. The largest absolute Gasteiger partial charge is 0.317 e. The molecule has 2 nitrogen and oxygen atoms in total. The highest BCUT2D eigenvalue weighted by molar-refractivity contribution is 5.26. The summed E-state index contributed by atoms with van der Waals surface area (Å²) < 4.78 is 0. The summed E-state index contributed by atoms with van der Waals surface area (Å²) in [6, 6.07) is 10.1. The van der Waals surface area contributed by atoms with Crippen LogP contribution in [0.3, 0.4) is 0 Å². The molecule has 1 unspecified atom stereocenters. The molecular formula is C18H28N2. The summed E-state index contributed by atoms with van der Waals surface area (Å²) in [4.78, 5) is 2.75. The Kier molecular flexibility index (Phi) is 4.74. The molecule has 110 valence electrons. The van der Waals surface area contributed by atoms with Gasteiger partial charge < -0.3 is 5.32 Å². The minimum Gasteiger partial charge on any atom is -0.317 e. The lowest BCUT2D eigenvalue weighted by Gasteiger charge is -2.37. The quantitative estimate of drug-likeness (QED) is 0.904. The van der Waals surface area contributed by atoms with Crippen LogP contribution in [0.15, 0.2) is 24.3 Å². The molecule has 2 fully saturated rings. The number of likely N-dealkylation sites (tertiary alicyclic amines) is 1. The number of benzene rings is 1. The Morgan fingerprint density at radius 2 is 1.75 bits per heavy atom. The zero-order chi connectivity index (χ0) is 13.8. The van der Waals surface area contributed by atoms with Crippen LogP contribution in [0.1, 0.15) is 49.8 Å². The highest BCUT2D eigenvalue weighted by atomic mass is 15.2. The summed E-state index contributed by atoms with van der Waals surface area (Å²) >= 11 is 0. The van der Waals surface area contributed by atoms with Crippen molar-refractivity contribution in [2.75, 3.05) is 26.2 Å². The van der Waals surface area contributed by atoms with Crippen LogP contribution in [0.4, 0.5) is 0 Å². The van der Waals surface area contributed by atoms with E-state index in [9.17, 15) is 0 Å². The highest BCUT2D eigenvalue weighted by Crippen LogP contribution is 2.36. The minimum absolute atomic E-state index is 0.658. The van der Waals surface area contributed by atoms with Crippen molar-refractivity contribution in [1.29, 1.82) is 0 Å². The van der Waals surface area contributed by atoms with Gasteiger partial charge in [-0.3, -0.25) is 4.90 Å². The number of hydrogen-bond acceptors (Lipinski definition) is 2. The Hall–Kier alpha value is -0.860. The molecule has 2 aliphatic heterocycles. The standard InChI is InChI=1S/C18H28N2/c1-2-15-5-7-16(8-6-15)18(20-13-3-4-14-20)17-9-11-19-12-10-17/h5-8,17-19H,2-4,9-14H2,1H3. The summed E-state index contributed by atoms with van der Waals surface area (Å²) in [6.45, 7) is 7.22. The maximum absolute atomic E-state index is 3.51. The summed E-state index contributed by atoms with van der Waals surface area (Å²) in [5.41, 5.74) is 3.01. The van der Waals surface area contributed by atoms with E-state index in [1.54, 1.807) is 5.56 Å². The van der Waals surface area contributed by atoms with Crippen LogP contribution in [0.2, 0.25) is 0 Å². The number of aryl methyl sites for hydroxylation is 1. The number of hydrogen-bond donors (Lipinski definition) is 1. The van der Waals surface area contributed by atoms with Gasteiger partial charge in [-0.25, -0.2) is 0 Å². The normalized spacial score (nSPS) is 23.1. The van der Waals surface area contributed by atoms with Gasteiger partial charge in [-0.2, -0.15) is 0 Å². The van der Waals surface area contributed by atoms with Gasteiger partial charge in [0.1, 0.15) is 0 Å². The smallest absolute Gasteiger partial charge is 0.0377 e. The first kappa shape index (κ1) is 14.1. The average molecular weight is 272 g/mol. The molecule has 2 heterocycles. The van der Waals surface area contributed by atoms with E-state index in [0.29, 0.717) is 6.04 Å². The van der Waals surface area contributed by atoms with E-state index >= 15 is 0 Å². The zero-order valence-corrected chi connectivity index (χ0v) is 12.8. The molecule has 0 saturated carbocycles.